The van der Waals surface area contributed by atoms with Crippen molar-refractivity contribution in [1.82, 2.24) is 9.88 Å². The summed E-state index contributed by atoms with van der Waals surface area (Å²) >= 11 is 8.03. The summed E-state index contributed by atoms with van der Waals surface area (Å²) in [4.78, 5) is 22.0. The van der Waals surface area contributed by atoms with Gasteiger partial charge in [0.15, 0.2) is 5.13 Å². The van der Waals surface area contributed by atoms with E-state index in [-0.39, 0.29) is 11.9 Å². The molecule has 1 saturated heterocycles. The van der Waals surface area contributed by atoms with Gasteiger partial charge in [-0.15, -0.1) is 11.3 Å². The molecule has 1 aliphatic heterocycles. The number of thiazole rings is 1. The van der Waals surface area contributed by atoms with Crippen molar-refractivity contribution in [2.75, 3.05) is 36.4 Å². The van der Waals surface area contributed by atoms with E-state index < -0.39 is 0 Å². The highest BCUT2D eigenvalue weighted by atomic mass is 35.5. The normalized spacial score (nSPS) is 16.9. The summed E-state index contributed by atoms with van der Waals surface area (Å²) in [5.41, 5.74) is 3.86. The molecule has 0 spiro atoms. The molecule has 0 bridgehead atoms. The average molecular weight is 407 g/mol. The van der Waals surface area contributed by atoms with Crippen molar-refractivity contribution in [3.05, 3.63) is 39.4 Å². The zero-order valence-corrected chi connectivity index (χ0v) is 18.0. The number of aryl methyl sites for hydroxylation is 3. The number of aromatic nitrogens is 1. The van der Waals surface area contributed by atoms with E-state index in [1.165, 1.54) is 0 Å². The van der Waals surface area contributed by atoms with E-state index in [4.69, 9.17) is 11.6 Å². The van der Waals surface area contributed by atoms with Crippen LogP contribution in [0, 0.1) is 20.8 Å². The third kappa shape index (κ3) is 4.81. The molecular formula is C20H27ClN4OS. The first kappa shape index (κ1) is 20.1. The van der Waals surface area contributed by atoms with Gasteiger partial charge in [0.05, 0.1) is 22.4 Å². The number of benzene rings is 1. The molecule has 2 aromatic rings. The zero-order chi connectivity index (χ0) is 19.6. The maximum Gasteiger partial charge on any atom is 0.241 e. The van der Waals surface area contributed by atoms with Gasteiger partial charge in [0.25, 0.3) is 0 Å². The van der Waals surface area contributed by atoms with Crippen LogP contribution in [0.1, 0.15) is 30.2 Å². The molecule has 1 fully saturated rings. The fourth-order valence-electron chi connectivity index (χ4n) is 3.47. The highest BCUT2D eigenvalue weighted by Crippen LogP contribution is 2.28. The molecule has 2 heterocycles. The summed E-state index contributed by atoms with van der Waals surface area (Å²) in [7, 11) is 0. The van der Waals surface area contributed by atoms with Crippen LogP contribution in [0.15, 0.2) is 17.5 Å². The molecule has 0 saturated carbocycles. The maximum absolute atomic E-state index is 12.8. The second kappa shape index (κ2) is 8.59. The van der Waals surface area contributed by atoms with E-state index in [1.54, 1.807) is 11.3 Å². The van der Waals surface area contributed by atoms with Crippen LogP contribution in [0.5, 0.6) is 0 Å². The van der Waals surface area contributed by atoms with Crippen LogP contribution in [0.25, 0.3) is 0 Å². The van der Waals surface area contributed by atoms with Crippen LogP contribution in [0.3, 0.4) is 0 Å². The van der Waals surface area contributed by atoms with Crippen LogP contribution < -0.4 is 10.2 Å². The van der Waals surface area contributed by atoms with Gasteiger partial charge in [-0.1, -0.05) is 17.7 Å². The SMILES string of the molecule is Cc1cc(C)c(NC(=O)C(C)N2CCCN(c3nc(C)cs3)CC2)c(Cl)c1. The Morgan fingerprint density at radius 3 is 2.67 bits per heavy atom. The van der Waals surface area contributed by atoms with Crippen LogP contribution in [0.4, 0.5) is 10.8 Å². The van der Waals surface area contributed by atoms with Gasteiger partial charge in [0.2, 0.25) is 5.91 Å². The van der Waals surface area contributed by atoms with E-state index in [0.29, 0.717) is 10.7 Å². The first-order valence-electron chi connectivity index (χ1n) is 9.34. The van der Waals surface area contributed by atoms with E-state index in [2.05, 4.69) is 25.5 Å². The predicted molar refractivity (Wildman–Crippen MR) is 114 cm³/mol. The van der Waals surface area contributed by atoms with Crippen LogP contribution >= 0.6 is 22.9 Å². The standard InChI is InChI=1S/C20H27ClN4OS/c1-13-10-14(2)18(17(21)11-13)23-19(26)16(4)24-6-5-7-25(9-8-24)20-22-15(3)12-27-20/h10-12,16H,5-9H2,1-4H3,(H,23,26). The van der Waals surface area contributed by atoms with Crippen LogP contribution in [0.2, 0.25) is 5.02 Å². The largest absolute Gasteiger partial charge is 0.347 e. The van der Waals surface area contributed by atoms with Crippen LogP contribution in [-0.2, 0) is 4.79 Å². The lowest BCUT2D eigenvalue weighted by atomic mass is 10.1. The van der Waals surface area contributed by atoms with Gasteiger partial charge in [-0.05, 0) is 51.3 Å². The van der Waals surface area contributed by atoms with Gasteiger partial charge in [0, 0.05) is 31.6 Å². The van der Waals surface area contributed by atoms with Gasteiger partial charge in [-0.3, -0.25) is 9.69 Å². The van der Waals surface area contributed by atoms with Crippen molar-refractivity contribution in [2.24, 2.45) is 0 Å². The molecule has 27 heavy (non-hydrogen) atoms. The average Bonchev–Trinajstić information content (AvgIpc) is 2.90. The van der Waals surface area contributed by atoms with Gasteiger partial charge in [0.1, 0.15) is 0 Å². The molecule has 146 valence electrons. The molecule has 1 unspecified atom stereocenters. The minimum Gasteiger partial charge on any atom is -0.347 e. The Morgan fingerprint density at radius 1 is 1.22 bits per heavy atom. The number of carbonyl (C=O) groups excluding carboxylic acids is 1. The number of nitrogens with zero attached hydrogens (tertiary/aromatic N) is 3. The van der Waals surface area contributed by atoms with Crippen molar-refractivity contribution < 1.29 is 4.79 Å². The molecule has 5 nitrogen and oxygen atoms in total. The Bertz CT molecular complexity index is 799. The van der Waals surface area contributed by atoms with Crippen molar-refractivity contribution in [2.45, 2.75) is 40.2 Å². The molecular weight excluding hydrogens is 380 g/mol. The first-order chi connectivity index (χ1) is 12.8. The van der Waals surface area contributed by atoms with Gasteiger partial charge < -0.3 is 10.2 Å². The third-order valence-corrected chi connectivity index (χ3v) is 6.33. The second-order valence-corrected chi connectivity index (χ2v) is 8.50. The molecule has 1 aliphatic rings. The Hall–Kier alpha value is -1.63. The first-order valence-corrected chi connectivity index (χ1v) is 10.6. The molecule has 0 radical (unpaired) electrons. The van der Waals surface area contributed by atoms with E-state index in [0.717, 1.165) is 54.6 Å². The Labute approximate surface area is 170 Å². The highest BCUT2D eigenvalue weighted by molar-refractivity contribution is 7.13. The molecule has 1 aromatic carbocycles. The minimum absolute atomic E-state index is 0.0117. The lowest BCUT2D eigenvalue weighted by molar-refractivity contribution is -0.120. The number of hydrogen-bond acceptors (Lipinski definition) is 5. The highest BCUT2D eigenvalue weighted by Gasteiger charge is 2.25. The molecule has 3 rings (SSSR count). The minimum atomic E-state index is -0.209. The Morgan fingerprint density at radius 2 is 2.00 bits per heavy atom. The smallest absolute Gasteiger partial charge is 0.241 e. The van der Waals surface area contributed by atoms with Crippen LogP contribution in [-0.4, -0.2) is 48.0 Å². The number of nitrogens with one attached hydrogen (secondary N) is 1. The number of amides is 1. The van der Waals surface area contributed by atoms with Crippen molar-refractivity contribution >= 4 is 39.7 Å². The lowest BCUT2D eigenvalue weighted by Crippen LogP contribution is -2.44. The number of carbonyl (C=O) groups is 1. The number of hydrogen-bond donors (Lipinski definition) is 1. The van der Waals surface area contributed by atoms with Crippen molar-refractivity contribution in [3.63, 3.8) is 0 Å². The maximum atomic E-state index is 12.8. The van der Waals surface area contributed by atoms with E-state index >= 15 is 0 Å². The Balaban J connectivity index is 1.63. The molecule has 1 atom stereocenters. The molecule has 1 N–H and O–H groups in total. The summed E-state index contributed by atoms with van der Waals surface area (Å²) < 4.78 is 0. The second-order valence-electron chi connectivity index (χ2n) is 7.25. The predicted octanol–water partition coefficient (Wildman–Crippen LogP) is 4.26. The van der Waals surface area contributed by atoms with Gasteiger partial charge in [-0.2, -0.15) is 0 Å². The van der Waals surface area contributed by atoms with Gasteiger partial charge >= 0.3 is 0 Å². The number of anilines is 2. The summed E-state index contributed by atoms with van der Waals surface area (Å²) in [5.74, 6) is -0.0117. The van der Waals surface area contributed by atoms with Crippen molar-refractivity contribution in [3.8, 4) is 0 Å². The Kier molecular flexibility index (Phi) is 6.40. The van der Waals surface area contributed by atoms with Gasteiger partial charge in [-0.25, -0.2) is 4.98 Å². The zero-order valence-electron chi connectivity index (χ0n) is 16.4. The molecule has 1 aromatic heterocycles. The van der Waals surface area contributed by atoms with E-state index in [9.17, 15) is 4.79 Å². The fraction of sp³-hybridized carbons (Fsp3) is 0.500. The number of halogens is 1. The number of rotatable bonds is 4. The lowest BCUT2D eigenvalue weighted by Gasteiger charge is -2.27. The van der Waals surface area contributed by atoms with E-state index in [1.807, 2.05) is 39.8 Å². The molecule has 1 amide bonds. The molecule has 7 heteroatoms. The summed E-state index contributed by atoms with van der Waals surface area (Å²) in [6.07, 6.45) is 1.01. The summed E-state index contributed by atoms with van der Waals surface area (Å²) in [6.45, 7) is 11.6. The quantitative estimate of drug-likeness (QED) is 0.824. The summed E-state index contributed by atoms with van der Waals surface area (Å²) in [5, 5.41) is 6.79. The molecule has 0 aliphatic carbocycles. The summed E-state index contributed by atoms with van der Waals surface area (Å²) in [6, 6.07) is 3.71. The monoisotopic (exact) mass is 406 g/mol. The fourth-order valence-corrected chi connectivity index (χ4v) is 4.70. The topological polar surface area (TPSA) is 48.5 Å². The van der Waals surface area contributed by atoms with Crippen molar-refractivity contribution in [1.29, 1.82) is 0 Å². The third-order valence-electron chi connectivity index (χ3n) is 5.02.